The van der Waals surface area contributed by atoms with Crippen molar-refractivity contribution in [1.29, 1.82) is 0 Å². The Morgan fingerprint density at radius 3 is 1.80 bits per heavy atom. The minimum Gasteiger partial charge on any atom is 0 e. The molecule has 0 rings (SSSR count). The summed E-state index contributed by atoms with van der Waals surface area (Å²) in [6.45, 7) is 2.15. The molecule has 0 aliphatic rings. The van der Waals surface area contributed by atoms with Crippen LogP contribution in [0.1, 0.15) is 13.3 Å². The van der Waals surface area contributed by atoms with Crippen molar-refractivity contribution >= 4 is 16.0 Å². The van der Waals surface area contributed by atoms with Crippen LogP contribution in [0.4, 0.5) is 0 Å². The molecule has 0 aromatic heterocycles. The molecule has 5 heavy (non-hydrogen) atoms. The van der Waals surface area contributed by atoms with E-state index in [1.54, 1.807) is 0 Å². The second kappa shape index (κ2) is 8.98. The topological polar surface area (TPSA) is 0 Å². The third kappa shape index (κ3) is 10.9. The van der Waals surface area contributed by atoms with Gasteiger partial charge < -0.3 is 0 Å². The van der Waals surface area contributed by atoms with Gasteiger partial charge in [-0.1, -0.05) is 0 Å². The van der Waals surface area contributed by atoms with Gasteiger partial charge in [0.25, 0.3) is 0 Å². The van der Waals surface area contributed by atoms with Gasteiger partial charge in [0.1, 0.15) is 0 Å². The number of hydrogen-bond donors (Lipinski definition) is 0. The Labute approximate surface area is 57.0 Å². The van der Waals surface area contributed by atoms with Crippen molar-refractivity contribution in [1.82, 2.24) is 0 Å². The first-order chi connectivity index (χ1) is 1.91. The summed E-state index contributed by atoms with van der Waals surface area (Å²) in [6.07, 6.45) is 1.26. The fourth-order valence-corrected chi connectivity index (χ4v) is 0. The van der Waals surface area contributed by atoms with Crippen molar-refractivity contribution in [3.63, 3.8) is 0 Å². The van der Waals surface area contributed by atoms with E-state index >= 15 is 0 Å². The Balaban J connectivity index is 0. The molecule has 0 aromatic rings. The number of rotatable bonds is 1. The van der Waals surface area contributed by atoms with Crippen LogP contribution in [0, 0.1) is 0 Å². The van der Waals surface area contributed by atoms with Crippen LogP contribution in [0.2, 0.25) is 5.32 Å². The van der Waals surface area contributed by atoms with E-state index in [0.717, 1.165) is 0 Å². The summed E-state index contributed by atoms with van der Waals surface area (Å²) in [4.78, 5) is 0. The first kappa shape index (κ1) is 9.54. The van der Waals surface area contributed by atoms with E-state index in [0.29, 0.717) is 0 Å². The molecule has 0 bridgehead atoms. The van der Waals surface area contributed by atoms with Gasteiger partial charge in [0.2, 0.25) is 0 Å². The van der Waals surface area contributed by atoms with E-state index < -0.39 is 0 Å². The second-order valence-corrected chi connectivity index (χ2v) is 1.56. The molecule has 0 aliphatic carbocycles. The second-order valence-electron chi connectivity index (χ2n) is 0.704. The van der Waals surface area contributed by atoms with Gasteiger partial charge in [-0.2, -0.15) is 0 Å². The van der Waals surface area contributed by atoms with Crippen molar-refractivity contribution in [3.05, 3.63) is 0 Å². The van der Waals surface area contributed by atoms with Crippen LogP contribution in [0.15, 0.2) is 0 Å². The van der Waals surface area contributed by atoms with Gasteiger partial charge in [-0.3, -0.25) is 0 Å². The molecule has 0 saturated heterocycles. The third-order valence-corrected chi connectivity index (χ3v) is 1.06. The molecule has 0 unspecified atom stereocenters. The van der Waals surface area contributed by atoms with Crippen LogP contribution in [0.3, 0.4) is 0 Å². The molecule has 2 heteroatoms. The molecule has 0 saturated carbocycles. The zero-order valence-corrected chi connectivity index (χ0v) is 7.00. The van der Waals surface area contributed by atoms with E-state index in [2.05, 4.69) is 22.9 Å². The molecule has 2 radical (unpaired) electrons. The average Bonchev–Trinajstić information content (AvgIpc) is 1.37. The molecular formula is C3H7AuSe. The van der Waals surface area contributed by atoms with Crippen LogP contribution in [0.25, 0.3) is 0 Å². The molecule has 0 fully saturated rings. The van der Waals surface area contributed by atoms with E-state index in [9.17, 15) is 0 Å². The molecule has 36 valence electrons. The Morgan fingerprint density at radius 1 is 1.60 bits per heavy atom. The van der Waals surface area contributed by atoms with E-state index in [-0.39, 0.29) is 22.4 Å². The van der Waals surface area contributed by atoms with Crippen LogP contribution < -0.4 is 0 Å². The molecule has 0 N–H and O–H groups in total. The molecule has 0 nitrogen and oxygen atoms in total. The minimum atomic E-state index is 0. The normalized spacial score (nSPS) is 6.00. The maximum Gasteiger partial charge on any atom is 0 e. The molecule has 0 aliphatic heterocycles. The first-order valence-electron chi connectivity index (χ1n) is 1.50. The summed E-state index contributed by atoms with van der Waals surface area (Å²) in [6, 6.07) is 0. The largest absolute Gasteiger partial charge is 0 e. The zero-order valence-electron chi connectivity index (χ0n) is 3.12. The quantitative estimate of drug-likeness (QED) is 0.632. The summed E-state index contributed by atoms with van der Waals surface area (Å²) >= 11 is 2.89. The van der Waals surface area contributed by atoms with Crippen molar-refractivity contribution < 1.29 is 22.4 Å². The molecule has 0 aromatic carbocycles. The van der Waals surface area contributed by atoms with Crippen molar-refractivity contribution in [2.24, 2.45) is 0 Å². The predicted octanol–water partition coefficient (Wildman–Crippen LogP) is 0.981. The standard InChI is InChI=1S/C3H7Se.Au/c1-2-3-4;/h2-3H2,1H3;. The summed E-state index contributed by atoms with van der Waals surface area (Å²) in [5, 5.41) is 1.19. The Bertz CT molecular complexity index is 8.85. The van der Waals surface area contributed by atoms with Crippen LogP contribution in [0.5, 0.6) is 0 Å². The van der Waals surface area contributed by atoms with Gasteiger partial charge in [-0.25, -0.2) is 0 Å². The smallest absolute Gasteiger partial charge is 0 e. The van der Waals surface area contributed by atoms with Crippen molar-refractivity contribution in [2.45, 2.75) is 18.7 Å². The van der Waals surface area contributed by atoms with Gasteiger partial charge in [-0.15, -0.1) is 0 Å². The van der Waals surface area contributed by atoms with Gasteiger partial charge in [0.05, 0.1) is 0 Å². The summed E-state index contributed by atoms with van der Waals surface area (Å²) in [7, 11) is 0. The maximum absolute atomic E-state index is 2.89. The van der Waals surface area contributed by atoms with E-state index in [1.165, 1.54) is 11.7 Å². The maximum atomic E-state index is 2.89. The third-order valence-electron chi connectivity index (χ3n) is 0.204. The fourth-order valence-electron chi connectivity index (χ4n) is 0. The van der Waals surface area contributed by atoms with Gasteiger partial charge >= 0.3 is 34.7 Å². The van der Waals surface area contributed by atoms with Crippen molar-refractivity contribution in [2.75, 3.05) is 0 Å². The van der Waals surface area contributed by atoms with Crippen LogP contribution >= 0.6 is 0 Å². The zero-order chi connectivity index (χ0) is 3.41. The SMILES string of the molecule is CCC[Se].[Au]. The van der Waals surface area contributed by atoms with Crippen LogP contribution in [-0.4, -0.2) is 16.0 Å². The molecule has 0 spiro atoms. The summed E-state index contributed by atoms with van der Waals surface area (Å²) in [5.74, 6) is 0. The van der Waals surface area contributed by atoms with Gasteiger partial charge in [0.15, 0.2) is 0 Å². The Hall–Kier alpha value is 1.26. The van der Waals surface area contributed by atoms with Gasteiger partial charge in [-0.05, 0) is 0 Å². The average molecular weight is 319 g/mol. The van der Waals surface area contributed by atoms with E-state index in [1.807, 2.05) is 0 Å². The molecule has 0 heterocycles. The van der Waals surface area contributed by atoms with Crippen molar-refractivity contribution in [3.8, 4) is 0 Å². The van der Waals surface area contributed by atoms with Crippen LogP contribution in [-0.2, 0) is 22.4 Å². The Morgan fingerprint density at radius 2 is 1.80 bits per heavy atom. The minimum absolute atomic E-state index is 0. The fraction of sp³-hybridized carbons (Fsp3) is 1.00. The molecule has 0 atom stereocenters. The number of hydrogen-bond acceptors (Lipinski definition) is 0. The first-order valence-corrected chi connectivity index (χ1v) is 2.71. The van der Waals surface area contributed by atoms with E-state index in [4.69, 9.17) is 0 Å². The molecule has 0 amide bonds. The molecular weight excluding hydrogens is 312 g/mol. The Kier molecular flexibility index (Phi) is 17.1. The summed E-state index contributed by atoms with van der Waals surface area (Å²) < 4.78 is 0. The van der Waals surface area contributed by atoms with Gasteiger partial charge in [0, 0.05) is 22.4 Å². The monoisotopic (exact) mass is 320 g/mol. The summed E-state index contributed by atoms with van der Waals surface area (Å²) in [5.41, 5.74) is 0. The predicted molar refractivity (Wildman–Crippen MR) is 20.9 cm³/mol.